The number of nitrogens with zero attached hydrogens (tertiary/aromatic N) is 2. The Kier molecular flexibility index (Phi) is 4.64. The standard InChI is InChI=1S/C20H21ClN2O2/c21-16-8-10-18(11-9-16)25-14-19(24)23-13-17-7-4-12-22(17)20(23)15-5-2-1-3-6-15/h1-3,5-6,8-11,17,20H,4,7,12-14H2. The van der Waals surface area contributed by atoms with Crippen molar-refractivity contribution >= 4 is 17.5 Å². The summed E-state index contributed by atoms with van der Waals surface area (Å²) in [5.74, 6) is 0.687. The van der Waals surface area contributed by atoms with E-state index in [4.69, 9.17) is 16.3 Å². The minimum Gasteiger partial charge on any atom is -0.484 e. The number of halogens is 1. The van der Waals surface area contributed by atoms with E-state index in [0.717, 1.165) is 19.5 Å². The van der Waals surface area contributed by atoms with Crippen LogP contribution in [0.2, 0.25) is 5.02 Å². The summed E-state index contributed by atoms with van der Waals surface area (Å²) < 4.78 is 5.67. The second kappa shape index (κ2) is 7.06. The molecular weight excluding hydrogens is 336 g/mol. The Labute approximate surface area is 152 Å². The molecule has 2 atom stereocenters. The van der Waals surface area contributed by atoms with Gasteiger partial charge in [-0.2, -0.15) is 0 Å². The Hall–Kier alpha value is -2.04. The maximum Gasteiger partial charge on any atom is 0.262 e. The van der Waals surface area contributed by atoms with Gasteiger partial charge in [-0.15, -0.1) is 0 Å². The molecule has 1 amide bonds. The van der Waals surface area contributed by atoms with E-state index in [1.807, 2.05) is 23.1 Å². The van der Waals surface area contributed by atoms with E-state index in [1.165, 1.54) is 12.0 Å². The summed E-state index contributed by atoms with van der Waals surface area (Å²) in [6, 6.07) is 17.8. The van der Waals surface area contributed by atoms with Crippen molar-refractivity contribution in [3.63, 3.8) is 0 Å². The molecule has 4 rings (SSSR count). The molecule has 0 bridgehead atoms. The summed E-state index contributed by atoms with van der Waals surface area (Å²) in [6.45, 7) is 1.87. The van der Waals surface area contributed by atoms with Gasteiger partial charge in [0.15, 0.2) is 6.61 Å². The molecule has 0 aliphatic carbocycles. The number of benzene rings is 2. The van der Waals surface area contributed by atoms with E-state index in [0.29, 0.717) is 16.8 Å². The molecule has 2 aromatic carbocycles. The second-order valence-electron chi connectivity index (χ2n) is 6.61. The number of carbonyl (C=O) groups is 1. The van der Waals surface area contributed by atoms with Crippen molar-refractivity contribution in [2.24, 2.45) is 0 Å². The molecule has 0 saturated carbocycles. The van der Waals surface area contributed by atoms with Crippen LogP contribution in [0.15, 0.2) is 54.6 Å². The third-order valence-corrected chi connectivity index (χ3v) is 5.29. The van der Waals surface area contributed by atoms with E-state index >= 15 is 0 Å². The molecule has 0 N–H and O–H groups in total. The van der Waals surface area contributed by atoms with Crippen LogP contribution in [0.25, 0.3) is 0 Å². The summed E-state index contributed by atoms with van der Waals surface area (Å²) in [7, 11) is 0. The van der Waals surface area contributed by atoms with Crippen molar-refractivity contribution in [2.45, 2.75) is 25.0 Å². The molecule has 2 heterocycles. The van der Waals surface area contributed by atoms with Gasteiger partial charge in [0, 0.05) is 24.2 Å². The highest BCUT2D eigenvalue weighted by molar-refractivity contribution is 6.30. The molecule has 0 aromatic heterocycles. The van der Waals surface area contributed by atoms with Gasteiger partial charge >= 0.3 is 0 Å². The van der Waals surface area contributed by atoms with Crippen LogP contribution < -0.4 is 4.74 Å². The minimum absolute atomic E-state index is 0.0232. The van der Waals surface area contributed by atoms with Gasteiger partial charge in [-0.05, 0) is 42.7 Å². The van der Waals surface area contributed by atoms with Gasteiger partial charge in [0.05, 0.1) is 0 Å². The normalized spacial score (nSPS) is 22.8. The predicted octanol–water partition coefficient (Wildman–Crippen LogP) is 3.72. The van der Waals surface area contributed by atoms with Gasteiger partial charge in [-0.1, -0.05) is 41.9 Å². The highest BCUT2D eigenvalue weighted by atomic mass is 35.5. The van der Waals surface area contributed by atoms with Gasteiger partial charge < -0.3 is 9.64 Å². The van der Waals surface area contributed by atoms with Crippen LogP contribution in [-0.4, -0.2) is 41.4 Å². The quantitative estimate of drug-likeness (QED) is 0.837. The molecule has 2 aliphatic heterocycles. The van der Waals surface area contributed by atoms with Crippen molar-refractivity contribution in [3.8, 4) is 5.75 Å². The number of fused-ring (bicyclic) bond motifs is 1. The fourth-order valence-corrected chi connectivity index (χ4v) is 4.00. The third kappa shape index (κ3) is 3.37. The maximum absolute atomic E-state index is 12.8. The number of hydrogen-bond acceptors (Lipinski definition) is 3. The first-order valence-electron chi connectivity index (χ1n) is 8.71. The Morgan fingerprint density at radius 3 is 2.64 bits per heavy atom. The monoisotopic (exact) mass is 356 g/mol. The zero-order chi connectivity index (χ0) is 17.2. The fourth-order valence-electron chi connectivity index (χ4n) is 3.88. The van der Waals surface area contributed by atoms with E-state index in [1.54, 1.807) is 24.3 Å². The summed E-state index contributed by atoms with van der Waals surface area (Å²) in [6.07, 6.45) is 2.39. The van der Waals surface area contributed by atoms with Crippen molar-refractivity contribution < 1.29 is 9.53 Å². The first-order chi connectivity index (χ1) is 12.2. The van der Waals surface area contributed by atoms with E-state index in [2.05, 4.69) is 17.0 Å². The first-order valence-corrected chi connectivity index (χ1v) is 9.09. The van der Waals surface area contributed by atoms with Crippen LogP contribution in [0.3, 0.4) is 0 Å². The highest BCUT2D eigenvalue weighted by Gasteiger charge is 2.44. The molecule has 2 aromatic rings. The van der Waals surface area contributed by atoms with E-state index in [-0.39, 0.29) is 18.7 Å². The lowest BCUT2D eigenvalue weighted by atomic mass is 10.1. The molecule has 130 valence electrons. The van der Waals surface area contributed by atoms with E-state index in [9.17, 15) is 4.79 Å². The molecule has 0 radical (unpaired) electrons. The zero-order valence-corrected chi connectivity index (χ0v) is 14.7. The first kappa shape index (κ1) is 16.4. The summed E-state index contributed by atoms with van der Waals surface area (Å²) >= 11 is 5.88. The topological polar surface area (TPSA) is 32.8 Å². The lowest BCUT2D eigenvalue weighted by Crippen LogP contribution is -2.38. The van der Waals surface area contributed by atoms with Crippen LogP contribution >= 0.6 is 11.6 Å². The Balaban J connectivity index is 1.49. The molecule has 2 aliphatic rings. The number of rotatable bonds is 4. The zero-order valence-electron chi connectivity index (χ0n) is 14.0. The number of hydrogen-bond donors (Lipinski definition) is 0. The molecule has 5 heteroatoms. The van der Waals surface area contributed by atoms with Crippen molar-refractivity contribution in [3.05, 3.63) is 65.2 Å². The van der Waals surface area contributed by atoms with Crippen LogP contribution in [0.5, 0.6) is 5.75 Å². The molecule has 2 fully saturated rings. The van der Waals surface area contributed by atoms with Crippen LogP contribution in [-0.2, 0) is 4.79 Å². The van der Waals surface area contributed by atoms with Crippen molar-refractivity contribution in [2.75, 3.05) is 19.7 Å². The van der Waals surface area contributed by atoms with E-state index < -0.39 is 0 Å². The van der Waals surface area contributed by atoms with Crippen molar-refractivity contribution in [1.82, 2.24) is 9.80 Å². The largest absolute Gasteiger partial charge is 0.484 e. The van der Waals surface area contributed by atoms with Gasteiger partial charge in [-0.3, -0.25) is 9.69 Å². The maximum atomic E-state index is 12.8. The Morgan fingerprint density at radius 2 is 1.88 bits per heavy atom. The summed E-state index contributed by atoms with van der Waals surface area (Å²) in [4.78, 5) is 17.3. The lowest BCUT2D eigenvalue weighted by Gasteiger charge is -2.29. The number of carbonyl (C=O) groups excluding carboxylic acids is 1. The van der Waals surface area contributed by atoms with Crippen LogP contribution in [0.4, 0.5) is 0 Å². The van der Waals surface area contributed by atoms with Gasteiger partial charge in [0.25, 0.3) is 5.91 Å². The van der Waals surface area contributed by atoms with Gasteiger partial charge in [0.2, 0.25) is 0 Å². The molecule has 0 spiro atoms. The molecule has 2 saturated heterocycles. The lowest BCUT2D eigenvalue weighted by molar-refractivity contribution is -0.135. The second-order valence-corrected chi connectivity index (χ2v) is 7.04. The Morgan fingerprint density at radius 1 is 1.12 bits per heavy atom. The average molecular weight is 357 g/mol. The summed E-state index contributed by atoms with van der Waals surface area (Å²) in [5, 5.41) is 0.656. The smallest absolute Gasteiger partial charge is 0.262 e. The van der Waals surface area contributed by atoms with Gasteiger partial charge in [0.1, 0.15) is 11.9 Å². The van der Waals surface area contributed by atoms with Crippen LogP contribution in [0, 0.1) is 0 Å². The molecular formula is C20H21ClN2O2. The average Bonchev–Trinajstić information content (AvgIpc) is 3.22. The third-order valence-electron chi connectivity index (χ3n) is 5.03. The fraction of sp³-hybridized carbons (Fsp3) is 0.350. The number of amides is 1. The Bertz CT molecular complexity index is 735. The number of ether oxygens (including phenoxy) is 1. The van der Waals surface area contributed by atoms with Gasteiger partial charge in [-0.25, -0.2) is 0 Å². The summed E-state index contributed by atoms with van der Waals surface area (Å²) in [5.41, 5.74) is 1.17. The van der Waals surface area contributed by atoms with Crippen LogP contribution in [0.1, 0.15) is 24.6 Å². The molecule has 4 nitrogen and oxygen atoms in total. The predicted molar refractivity (Wildman–Crippen MR) is 97.6 cm³/mol. The minimum atomic E-state index is 0.0232. The molecule has 2 unspecified atom stereocenters. The highest BCUT2D eigenvalue weighted by Crippen LogP contribution is 2.38. The van der Waals surface area contributed by atoms with Crippen molar-refractivity contribution in [1.29, 1.82) is 0 Å². The SMILES string of the molecule is O=C(COc1ccc(Cl)cc1)N1CC2CCCN2C1c1ccccc1. The molecule has 25 heavy (non-hydrogen) atoms.